The summed E-state index contributed by atoms with van der Waals surface area (Å²) in [7, 11) is 0. The van der Waals surface area contributed by atoms with Crippen LogP contribution in [0.25, 0.3) is 0 Å². The molecule has 0 aliphatic carbocycles. The predicted octanol–water partition coefficient (Wildman–Crippen LogP) is 1.99. The first-order valence-corrected chi connectivity index (χ1v) is 4.77. The molecule has 2 N–H and O–H groups in total. The lowest BCUT2D eigenvalue weighted by Crippen LogP contribution is -2.20. The van der Waals surface area contributed by atoms with Crippen LogP contribution in [0, 0.1) is 5.92 Å². The molecular formula is C11H13NO2. The van der Waals surface area contributed by atoms with Gasteiger partial charge in [0.15, 0.2) is 0 Å². The fourth-order valence-electron chi connectivity index (χ4n) is 1.78. The van der Waals surface area contributed by atoms with Gasteiger partial charge in [0.1, 0.15) is 0 Å². The number of carboxylic acid groups (broad SMARTS) is 1. The van der Waals surface area contributed by atoms with Crippen molar-refractivity contribution in [2.45, 2.75) is 13.3 Å². The van der Waals surface area contributed by atoms with Gasteiger partial charge in [-0.1, -0.05) is 13.0 Å². The van der Waals surface area contributed by atoms with Crippen molar-refractivity contribution in [1.29, 1.82) is 0 Å². The summed E-state index contributed by atoms with van der Waals surface area (Å²) in [6.07, 6.45) is 1.03. The van der Waals surface area contributed by atoms with E-state index < -0.39 is 5.97 Å². The van der Waals surface area contributed by atoms with E-state index in [1.165, 1.54) is 5.56 Å². The zero-order chi connectivity index (χ0) is 10.1. The molecule has 1 heterocycles. The highest BCUT2D eigenvalue weighted by Crippen LogP contribution is 2.25. The number of anilines is 1. The van der Waals surface area contributed by atoms with Crippen LogP contribution in [0.15, 0.2) is 18.2 Å². The van der Waals surface area contributed by atoms with Crippen molar-refractivity contribution < 1.29 is 9.90 Å². The highest BCUT2D eigenvalue weighted by Gasteiger charge is 2.15. The molecule has 3 nitrogen and oxygen atoms in total. The zero-order valence-electron chi connectivity index (χ0n) is 8.08. The van der Waals surface area contributed by atoms with Crippen LogP contribution >= 0.6 is 0 Å². The topological polar surface area (TPSA) is 49.3 Å². The number of rotatable bonds is 1. The minimum absolute atomic E-state index is 0.353. The molecule has 14 heavy (non-hydrogen) atoms. The lowest BCUT2D eigenvalue weighted by Gasteiger charge is -2.23. The molecule has 2 rings (SSSR count). The molecule has 1 aliphatic rings. The maximum Gasteiger partial charge on any atom is 0.335 e. The number of hydrogen-bond acceptors (Lipinski definition) is 2. The van der Waals surface area contributed by atoms with E-state index in [9.17, 15) is 4.79 Å². The molecule has 0 aromatic heterocycles. The van der Waals surface area contributed by atoms with Crippen LogP contribution in [0.5, 0.6) is 0 Å². The van der Waals surface area contributed by atoms with Crippen molar-refractivity contribution in [3.8, 4) is 0 Å². The Balaban J connectivity index is 2.36. The van der Waals surface area contributed by atoms with Gasteiger partial charge in [0.05, 0.1) is 5.56 Å². The van der Waals surface area contributed by atoms with Crippen molar-refractivity contribution in [2.24, 2.45) is 5.92 Å². The number of benzene rings is 1. The van der Waals surface area contributed by atoms with Gasteiger partial charge in [-0.3, -0.25) is 0 Å². The van der Waals surface area contributed by atoms with E-state index in [0.29, 0.717) is 11.5 Å². The first kappa shape index (κ1) is 9.06. The first-order chi connectivity index (χ1) is 6.66. The molecule has 1 aliphatic heterocycles. The monoisotopic (exact) mass is 191 g/mol. The normalized spacial score (nSPS) is 19.6. The first-order valence-electron chi connectivity index (χ1n) is 4.77. The average molecular weight is 191 g/mol. The van der Waals surface area contributed by atoms with Crippen LogP contribution in [-0.2, 0) is 6.42 Å². The molecule has 3 heteroatoms. The average Bonchev–Trinajstić information content (AvgIpc) is 2.16. The molecule has 0 saturated heterocycles. The van der Waals surface area contributed by atoms with Gasteiger partial charge in [-0.05, 0) is 30.0 Å². The molecule has 1 aromatic carbocycles. The second-order valence-electron chi connectivity index (χ2n) is 3.87. The summed E-state index contributed by atoms with van der Waals surface area (Å²) in [5.41, 5.74) is 2.54. The Hall–Kier alpha value is -1.51. The van der Waals surface area contributed by atoms with E-state index in [1.54, 1.807) is 12.1 Å². The molecule has 0 radical (unpaired) electrons. The van der Waals surface area contributed by atoms with Crippen molar-refractivity contribution in [1.82, 2.24) is 0 Å². The lowest BCUT2D eigenvalue weighted by molar-refractivity contribution is 0.0697. The molecule has 1 atom stereocenters. The van der Waals surface area contributed by atoms with Gasteiger partial charge in [-0.25, -0.2) is 4.79 Å². The lowest BCUT2D eigenvalue weighted by atomic mass is 9.94. The van der Waals surface area contributed by atoms with Gasteiger partial charge in [-0.15, -0.1) is 0 Å². The van der Waals surface area contributed by atoms with Crippen molar-refractivity contribution in [2.75, 3.05) is 11.9 Å². The smallest absolute Gasteiger partial charge is 0.335 e. The van der Waals surface area contributed by atoms with E-state index in [-0.39, 0.29) is 0 Å². The fourth-order valence-corrected chi connectivity index (χ4v) is 1.78. The van der Waals surface area contributed by atoms with Crippen molar-refractivity contribution in [3.05, 3.63) is 29.3 Å². The Morgan fingerprint density at radius 3 is 3.07 bits per heavy atom. The van der Waals surface area contributed by atoms with Gasteiger partial charge in [0.2, 0.25) is 0 Å². The van der Waals surface area contributed by atoms with Crippen molar-refractivity contribution >= 4 is 11.7 Å². The second-order valence-corrected chi connectivity index (χ2v) is 3.87. The highest BCUT2D eigenvalue weighted by molar-refractivity contribution is 5.89. The quantitative estimate of drug-likeness (QED) is 0.713. The molecule has 0 saturated carbocycles. The molecule has 0 bridgehead atoms. The highest BCUT2D eigenvalue weighted by atomic mass is 16.4. The van der Waals surface area contributed by atoms with E-state index in [2.05, 4.69) is 12.2 Å². The molecule has 1 aromatic rings. The number of nitrogens with one attached hydrogen (secondary N) is 1. The molecule has 74 valence electrons. The molecule has 0 spiro atoms. The summed E-state index contributed by atoms with van der Waals surface area (Å²) >= 11 is 0. The summed E-state index contributed by atoms with van der Waals surface area (Å²) in [6, 6.07) is 5.28. The number of carboxylic acids is 1. The summed E-state index contributed by atoms with van der Waals surface area (Å²) in [5.74, 6) is -0.244. The van der Waals surface area contributed by atoms with Crippen LogP contribution in [0.2, 0.25) is 0 Å². The van der Waals surface area contributed by atoms with Crippen LogP contribution in [-0.4, -0.2) is 17.6 Å². The van der Waals surface area contributed by atoms with Gasteiger partial charge >= 0.3 is 5.97 Å². The van der Waals surface area contributed by atoms with E-state index in [0.717, 1.165) is 18.7 Å². The maximum atomic E-state index is 10.7. The fraction of sp³-hybridized carbons (Fsp3) is 0.364. The van der Waals surface area contributed by atoms with Crippen molar-refractivity contribution in [3.63, 3.8) is 0 Å². The Kier molecular flexibility index (Phi) is 2.15. The minimum Gasteiger partial charge on any atom is -0.478 e. The van der Waals surface area contributed by atoms with Gasteiger partial charge < -0.3 is 10.4 Å². The third-order valence-corrected chi connectivity index (χ3v) is 2.57. The van der Waals surface area contributed by atoms with E-state index >= 15 is 0 Å². The summed E-state index contributed by atoms with van der Waals surface area (Å²) in [4.78, 5) is 10.7. The minimum atomic E-state index is -0.867. The Morgan fingerprint density at radius 1 is 1.57 bits per heavy atom. The zero-order valence-corrected chi connectivity index (χ0v) is 8.08. The van der Waals surface area contributed by atoms with Gasteiger partial charge in [0, 0.05) is 12.2 Å². The van der Waals surface area contributed by atoms with E-state index in [4.69, 9.17) is 5.11 Å². The third kappa shape index (κ3) is 1.58. The standard InChI is InChI=1S/C11H13NO2/c1-7-4-8-2-3-9(11(13)14)5-10(8)12-6-7/h2-3,5,7,12H,4,6H2,1H3,(H,13,14). The summed E-state index contributed by atoms with van der Waals surface area (Å²) in [5, 5.41) is 12.1. The Morgan fingerprint density at radius 2 is 2.36 bits per heavy atom. The second kappa shape index (κ2) is 3.33. The molecule has 0 amide bonds. The maximum absolute atomic E-state index is 10.7. The van der Waals surface area contributed by atoms with Crippen LogP contribution in [0.1, 0.15) is 22.8 Å². The van der Waals surface area contributed by atoms with Gasteiger partial charge in [0.25, 0.3) is 0 Å². The number of fused-ring (bicyclic) bond motifs is 1. The molecule has 0 fully saturated rings. The number of aromatic carboxylic acids is 1. The summed E-state index contributed by atoms with van der Waals surface area (Å²) < 4.78 is 0. The Labute approximate surface area is 82.8 Å². The summed E-state index contributed by atoms with van der Waals surface area (Å²) in [6.45, 7) is 3.11. The molecular weight excluding hydrogens is 178 g/mol. The van der Waals surface area contributed by atoms with Crippen LogP contribution in [0.3, 0.4) is 0 Å². The van der Waals surface area contributed by atoms with Crippen LogP contribution in [0.4, 0.5) is 5.69 Å². The Bertz CT molecular complexity index is 374. The predicted molar refractivity (Wildman–Crippen MR) is 54.8 cm³/mol. The van der Waals surface area contributed by atoms with Gasteiger partial charge in [-0.2, -0.15) is 0 Å². The van der Waals surface area contributed by atoms with Crippen LogP contribution < -0.4 is 5.32 Å². The van der Waals surface area contributed by atoms with E-state index in [1.807, 2.05) is 6.07 Å². The third-order valence-electron chi connectivity index (χ3n) is 2.57. The molecule has 1 unspecified atom stereocenters. The largest absolute Gasteiger partial charge is 0.478 e. The number of carbonyl (C=O) groups is 1. The SMILES string of the molecule is CC1CNc2cc(C(=O)O)ccc2C1. The number of hydrogen-bond donors (Lipinski definition) is 2.